The fraction of sp³-hybridized carbons (Fsp3) is 0.412. The molecule has 1 aromatic rings. The summed E-state index contributed by atoms with van der Waals surface area (Å²) in [4.78, 5) is 26.8. The molecule has 0 aromatic heterocycles. The summed E-state index contributed by atoms with van der Waals surface area (Å²) in [6.07, 6.45) is 3.77. The molecule has 1 aliphatic carbocycles. The van der Waals surface area contributed by atoms with Crippen LogP contribution in [0.1, 0.15) is 42.9 Å². The number of carbonyl (C=O) groups excluding carboxylic acids is 2. The third kappa shape index (κ3) is 1.59. The Labute approximate surface area is 118 Å². The molecule has 0 radical (unpaired) electrons. The van der Waals surface area contributed by atoms with E-state index in [2.05, 4.69) is 23.1 Å². The largest absolute Gasteiger partial charge is 0.366 e. The van der Waals surface area contributed by atoms with Crippen LogP contribution in [-0.2, 0) is 16.0 Å². The lowest BCUT2D eigenvalue weighted by atomic mass is 9.80. The summed E-state index contributed by atoms with van der Waals surface area (Å²) in [5.74, 6) is 0.121. The summed E-state index contributed by atoms with van der Waals surface area (Å²) in [5.41, 5.74) is 4.17. The van der Waals surface area contributed by atoms with E-state index in [9.17, 15) is 9.59 Å². The Kier molecular flexibility index (Phi) is 2.56. The van der Waals surface area contributed by atoms with Crippen molar-refractivity contribution in [1.82, 2.24) is 4.90 Å². The Morgan fingerprint density at radius 3 is 2.75 bits per heavy atom. The molecule has 0 bridgehead atoms. The molecule has 1 aromatic carbocycles. The van der Waals surface area contributed by atoms with Crippen LogP contribution in [0.2, 0.25) is 0 Å². The molecule has 20 heavy (non-hydrogen) atoms. The number of ketones is 2. The Hall–Kier alpha value is -1.90. The minimum absolute atomic E-state index is 0.0580. The average molecular weight is 267 g/mol. The first-order valence-electron chi connectivity index (χ1n) is 7.39. The van der Waals surface area contributed by atoms with Crippen LogP contribution in [0.25, 0.3) is 0 Å². The van der Waals surface area contributed by atoms with Crippen molar-refractivity contribution in [3.8, 4) is 0 Å². The van der Waals surface area contributed by atoms with Crippen molar-refractivity contribution in [3.63, 3.8) is 0 Å². The van der Waals surface area contributed by atoms with Crippen LogP contribution in [0.3, 0.4) is 0 Å². The van der Waals surface area contributed by atoms with Crippen molar-refractivity contribution < 1.29 is 9.59 Å². The van der Waals surface area contributed by atoms with Gasteiger partial charge in [-0.2, -0.15) is 0 Å². The summed E-state index contributed by atoms with van der Waals surface area (Å²) >= 11 is 0. The van der Waals surface area contributed by atoms with Crippen molar-refractivity contribution in [2.24, 2.45) is 0 Å². The van der Waals surface area contributed by atoms with E-state index in [0.717, 1.165) is 31.5 Å². The highest BCUT2D eigenvalue weighted by Crippen LogP contribution is 2.42. The fourth-order valence-corrected chi connectivity index (χ4v) is 3.90. The summed E-state index contributed by atoms with van der Waals surface area (Å²) in [5, 5.41) is 0. The summed E-state index contributed by atoms with van der Waals surface area (Å²) < 4.78 is 0. The van der Waals surface area contributed by atoms with Gasteiger partial charge in [-0.05, 0) is 30.4 Å². The maximum Gasteiger partial charge on any atom is 0.170 e. The van der Waals surface area contributed by atoms with Crippen LogP contribution in [0.4, 0.5) is 0 Å². The van der Waals surface area contributed by atoms with Crippen LogP contribution >= 0.6 is 0 Å². The Morgan fingerprint density at radius 1 is 1.00 bits per heavy atom. The van der Waals surface area contributed by atoms with Gasteiger partial charge in [-0.25, -0.2) is 0 Å². The lowest BCUT2D eigenvalue weighted by Crippen LogP contribution is -2.43. The zero-order valence-corrected chi connectivity index (χ0v) is 11.4. The minimum atomic E-state index is 0.0580. The molecule has 0 N–H and O–H groups in total. The molecule has 0 saturated carbocycles. The molecular weight excluding hydrogens is 250 g/mol. The topological polar surface area (TPSA) is 37.4 Å². The molecule has 2 aliphatic heterocycles. The van der Waals surface area contributed by atoms with Gasteiger partial charge in [-0.1, -0.05) is 24.3 Å². The van der Waals surface area contributed by atoms with Gasteiger partial charge in [0, 0.05) is 25.1 Å². The molecule has 0 fully saturated rings. The zero-order valence-electron chi connectivity index (χ0n) is 11.4. The molecule has 3 heteroatoms. The number of fused-ring (bicyclic) bond motifs is 4. The first kappa shape index (κ1) is 11.9. The summed E-state index contributed by atoms with van der Waals surface area (Å²) in [6.45, 7) is 0.932. The molecule has 0 amide bonds. The van der Waals surface area contributed by atoms with E-state index < -0.39 is 0 Å². The average Bonchev–Trinajstić information content (AvgIpc) is 2.47. The highest BCUT2D eigenvalue weighted by atomic mass is 16.1. The summed E-state index contributed by atoms with van der Waals surface area (Å²) in [6, 6.07) is 8.55. The van der Waals surface area contributed by atoms with Crippen molar-refractivity contribution in [3.05, 3.63) is 46.7 Å². The monoisotopic (exact) mass is 267 g/mol. The molecule has 102 valence electrons. The number of rotatable bonds is 0. The first-order valence-corrected chi connectivity index (χ1v) is 7.39. The van der Waals surface area contributed by atoms with Gasteiger partial charge in [0.15, 0.2) is 11.6 Å². The van der Waals surface area contributed by atoms with Gasteiger partial charge in [0.2, 0.25) is 0 Å². The van der Waals surface area contributed by atoms with Gasteiger partial charge in [0.25, 0.3) is 0 Å². The zero-order chi connectivity index (χ0) is 13.7. The second kappa shape index (κ2) is 4.30. The van der Waals surface area contributed by atoms with E-state index in [1.807, 2.05) is 6.07 Å². The highest BCUT2D eigenvalue weighted by molar-refractivity contribution is 6.21. The predicted octanol–water partition coefficient (Wildman–Crippen LogP) is 2.57. The lowest BCUT2D eigenvalue weighted by molar-refractivity contribution is -0.124. The highest BCUT2D eigenvalue weighted by Gasteiger charge is 2.40. The maximum atomic E-state index is 12.4. The van der Waals surface area contributed by atoms with Gasteiger partial charge in [-0.3, -0.25) is 9.59 Å². The Bertz CT molecular complexity index is 644. The molecule has 1 atom stereocenters. The number of carbonyl (C=O) groups is 2. The van der Waals surface area contributed by atoms with E-state index in [-0.39, 0.29) is 17.6 Å². The van der Waals surface area contributed by atoms with Gasteiger partial charge in [-0.15, -0.1) is 0 Å². The van der Waals surface area contributed by atoms with Crippen molar-refractivity contribution in [1.29, 1.82) is 0 Å². The van der Waals surface area contributed by atoms with E-state index in [0.29, 0.717) is 18.4 Å². The van der Waals surface area contributed by atoms with Crippen molar-refractivity contribution in [2.75, 3.05) is 6.54 Å². The van der Waals surface area contributed by atoms with Crippen molar-refractivity contribution >= 4 is 11.6 Å². The van der Waals surface area contributed by atoms with Crippen LogP contribution in [0, 0.1) is 0 Å². The molecule has 3 nitrogen and oxygen atoms in total. The fourth-order valence-electron chi connectivity index (χ4n) is 3.90. The quantitative estimate of drug-likeness (QED) is 0.678. The Morgan fingerprint density at radius 2 is 1.85 bits per heavy atom. The normalized spacial score (nSPS) is 25.2. The standard InChI is InChI=1S/C17H17NO2/c19-15-7-3-6-13-17(15)16(20)10-14-12-5-2-1-4-11(12)8-9-18(13)14/h1-2,4-5,14H,3,6-10H2/t14-/m0/s1. The molecule has 0 unspecified atom stereocenters. The predicted molar refractivity (Wildman–Crippen MR) is 75.1 cm³/mol. The smallest absolute Gasteiger partial charge is 0.170 e. The van der Waals surface area contributed by atoms with E-state index in [1.165, 1.54) is 11.1 Å². The number of hydrogen-bond acceptors (Lipinski definition) is 3. The third-order valence-corrected chi connectivity index (χ3v) is 4.80. The van der Waals surface area contributed by atoms with Crippen molar-refractivity contribution in [2.45, 2.75) is 38.1 Å². The van der Waals surface area contributed by atoms with Gasteiger partial charge in [0.05, 0.1) is 11.6 Å². The van der Waals surface area contributed by atoms with E-state index in [1.54, 1.807) is 0 Å². The van der Waals surface area contributed by atoms with E-state index >= 15 is 0 Å². The van der Waals surface area contributed by atoms with Gasteiger partial charge >= 0.3 is 0 Å². The number of nitrogens with zero attached hydrogens (tertiary/aromatic N) is 1. The second-order valence-corrected chi connectivity index (χ2v) is 5.88. The van der Waals surface area contributed by atoms with Crippen LogP contribution in [-0.4, -0.2) is 23.0 Å². The molecule has 2 heterocycles. The molecule has 4 rings (SSSR count). The number of allylic oxidation sites excluding steroid dienone is 2. The number of benzene rings is 1. The minimum Gasteiger partial charge on any atom is -0.366 e. The van der Waals surface area contributed by atoms with Crippen LogP contribution in [0.5, 0.6) is 0 Å². The summed E-state index contributed by atoms with van der Waals surface area (Å²) in [7, 11) is 0. The van der Waals surface area contributed by atoms with E-state index in [4.69, 9.17) is 0 Å². The lowest BCUT2D eigenvalue weighted by Gasteiger charge is -2.44. The number of Topliss-reactive ketones (excluding diaryl/α,β-unsaturated/α-hetero) is 2. The first-order chi connectivity index (χ1) is 9.75. The van der Waals surface area contributed by atoms with Gasteiger partial charge in [0.1, 0.15) is 0 Å². The Balaban J connectivity index is 1.83. The van der Waals surface area contributed by atoms with Crippen LogP contribution in [0.15, 0.2) is 35.5 Å². The molecule has 0 spiro atoms. The SMILES string of the molecule is O=C1CCCC2=C1C(=O)C[C@H]1c3ccccc3CCN21. The second-order valence-electron chi connectivity index (χ2n) is 5.88. The molecular formula is C17H17NO2. The molecule has 0 saturated heterocycles. The van der Waals surface area contributed by atoms with Crippen LogP contribution < -0.4 is 0 Å². The molecule has 3 aliphatic rings. The third-order valence-electron chi connectivity index (χ3n) is 4.80. The van der Waals surface area contributed by atoms with Gasteiger partial charge < -0.3 is 4.90 Å². The maximum absolute atomic E-state index is 12.4. The number of hydrogen-bond donors (Lipinski definition) is 0.